The SMILES string of the molecule is C.CCC1COC(=O)N1. The van der Waals surface area contributed by atoms with Gasteiger partial charge in [-0.05, 0) is 6.42 Å². The van der Waals surface area contributed by atoms with Gasteiger partial charge >= 0.3 is 6.09 Å². The van der Waals surface area contributed by atoms with Crippen molar-refractivity contribution in [2.75, 3.05) is 6.61 Å². The van der Waals surface area contributed by atoms with Crippen LogP contribution in [0.25, 0.3) is 0 Å². The van der Waals surface area contributed by atoms with Gasteiger partial charge in [-0.1, -0.05) is 14.4 Å². The standard InChI is InChI=1S/C5H9NO2.CH4/c1-2-4-3-8-5(7)6-4;/h4H,2-3H2,1H3,(H,6,7);1H4. The Morgan fingerprint density at radius 2 is 2.56 bits per heavy atom. The van der Waals surface area contributed by atoms with Crippen LogP contribution in [0.3, 0.4) is 0 Å². The maximum atomic E-state index is 10.3. The quantitative estimate of drug-likeness (QED) is 0.579. The topological polar surface area (TPSA) is 38.3 Å². The van der Waals surface area contributed by atoms with Crippen molar-refractivity contribution in [2.24, 2.45) is 0 Å². The summed E-state index contributed by atoms with van der Waals surface area (Å²) in [4.78, 5) is 10.3. The van der Waals surface area contributed by atoms with Crippen LogP contribution >= 0.6 is 0 Å². The minimum Gasteiger partial charge on any atom is -0.447 e. The third-order valence-electron chi connectivity index (χ3n) is 1.23. The number of ether oxygens (including phenoxy) is 1. The van der Waals surface area contributed by atoms with Crippen molar-refractivity contribution < 1.29 is 9.53 Å². The molecule has 1 unspecified atom stereocenters. The van der Waals surface area contributed by atoms with E-state index in [-0.39, 0.29) is 19.6 Å². The van der Waals surface area contributed by atoms with Crippen molar-refractivity contribution in [3.05, 3.63) is 0 Å². The predicted molar refractivity (Wildman–Crippen MR) is 35.3 cm³/mol. The molecular weight excluding hydrogens is 118 g/mol. The largest absolute Gasteiger partial charge is 0.447 e. The van der Waals surface area contributed by atoms with E-state index in [0.717, 1.165) is 6.42 Å². The molecule has 1 saturated heterocycles. The van der Waals surface area contributed by atoms with E-state index in [1.165, 1.54) is 0 Å². The first-order chi connectivity index (χ1) is 3.83. The average Bonchev–Trinajstić information content (AvgIpc) is 2.14. The van der Waals surface area contributed by atoms with Crippen molar-refractivity contribution in [3.63, 3.8) is 0 Å². The van der Waals surface area contributed by atoms with Gasteiger partial charge in [0, 0.05) is 0 Å². The van der Waals surface area contributed by atoms with Crippen molar-refractivity contribution in [1.82, 2.24) is 5.32 Å². The molecule has 0 aromatic heterocycles. The second-order valence-corrected chi connectivity index (χ2v) is 1.85. The molecule has 1 N–H and O–H groups in total. The van der Waals surface area contributed by atoms with E-state index in [9.17, 15) is 4.79 Å². The van der Waals surface area contributed by atoms with Crippen molar-refractivity contribution >= 4 is 6.09 Å². The van der Waals surface area contributed by atoms with Gasteiger partial charge in [0.25, 0.3) is 0 Å². The second kappa shape index (κ2) is 3.33. The molecule has 0 spiro atoms. The van der Waals surface area contributed by atoms with Gasteiger partial charge in [0.1, 0.15) is 6.61 Å². The van der Waals surface area contributed by atoms with E-state index in [1.54, 1.807) is 0 Å². The summed E-state index contributed by atoms with van der Waals surface area (Å²) >= 11 is 0. The molecule has 0 aromatic carbocycles. The molecule has 0 bridgehead atoms. The summed E-state index contributed by atoms with van der Waals surface area (Å²) in [6.07, 6.45) is 0.669. The van der Waals surface area contributed by atoms with Crippen LogP contribution in [0.5, 0.6) is 0 Å². The molecule has 0 aliphatic carbocycles. The van der Waals surface area contributed by atoms with E-state index < -0.39 is 0 Å². The first kappa shape index (κ1) is 8.27. The molecule has 3 nitrogen and oxygen atoms in total. The van der Waals surface area contributed by atoms with Crippen LogP contribution in [0.15, 0.2) is 0 Å². The van der Waals surface area contributed by atoms with Gasteiger partial charge in [0.05, 0.1) is 6.04 Å². The second-order valence-electron chi connectivity index (χ2n) is 1.85. The summed E-state index contributed by atoms with van der Waals surface area (Å²) < 4.78 is 4.61. The summed E-state index contributed by atoms with van der Waals surface area (Å²) in [5, 5.41) is 2.64. The van der Waals surface area contributed by atoms with Gasteiger partial charge in [0.15, 0.2) is 0 Å². The van der Waals surface area contributed by atoms with Crippen LogP contribution < -0.4 is 5.32 Å². The molecule has 54 valence electrons. The van der Waals surface area contributed by atoms with Crippen LogP contribution in [0.4, 0.5) is 4.79 Å². The molecule has 0 radical (unpaired) electrons. The molecule has 3 heteroatoms. The Morgan fingerprint density at radius 1 is 1.89 bits per heavy atom. The van der Waals surface area contributed by atoms with Crippen LogP contribution in [0, 0.1) is 0 Å². The smallest absolute Gasteiger partial charge is 0.407 e. The molecule has 1 atom stereocenters. The van der Waals surface area contributed by atoms with Crippen LogP contribution in [-0.2, 0) is 4.74 Å². The van der Waals surface area contributed by atoms with Crippen LogP contribution in [-0.4, -0.2) is 18.7 Å². The Labute approximate surface area is 55.4 Å². The lowest BCUT2D eigenvalue weighted by molar-refractivity contribution is 0.176. The first-order valence-electron chi connectivity index (χ1n) is 2.76. The maximum Gasteiger partial charge on any atom is 0.407 e. The third-order valence-corrected chi connectivity index (χ3v) is 1.23. The van der Waals surface area contributed by atoms with E-state index in [0.29, 0.717) is 6.61 Å². The molecule has 1 rings (SSSR count). The molecule has 0 aromatic rings. The Bertz CT molecular complexity index is 103. The van der Waals surface area contributed by atoms with E-state index in [4.69, 9.17) is 0 Å². The fourth-order valence-electron chi connectivity index (χ4n) is 0.646. The molecule has 1 aliphatic heterocycles. The number of nitrogens with one attached hydrogen (secondary N) is 1. The zero-order chi connectivity index (χ0) is 5.98. The van der Waals surface area contributed by atoms with Gasteiger partial charge in [-0.2, -0.15) is 0 Å². The minimum atomic E-state index is -0.281. The highest BCUT2D eigenvalue weighted by atomic mass is 16.6. The zero-order valence-electron chi connectivity index (χ0n) is 4.81. The maximum absolute atomic E-state index is 10.3. The summed E-state index contributed by atoms with van der Waals surface area (Å²) in [6.45, 7) is 2.55. The lowest BCUT2D eigenvalue weighted by Crippen LogP contribution is -2.24. The van der Waals surface area contributed by atoms with Crippen molar-refractivity contribution in [3.8, 4) is 0 Å². The highest BCUT2D eigenvalue weighted by Gasteiger charge is 2.19. The van der Waals surface area contributed by atoms with Gasteiger partial charge in [-0.15, -0.1) is 0 Å². The Kier molecular flexibility index (Phi) is 3.06. The summed E-state index contributed by atoms with van der Waals surface area (Å²) in [5.74, 6) is 0. The minimum absolute atomic E-state index is 0. The Hall–Kier alpha value is -0.730. The van der Waals surface area contributed by atoms with Gasteiger partial charge < -0.3 is 10.1 Å². The first-order valence-corrected chi connectivity index (χ1v) is 2.76. The molecule has 1 fully saturated rings. The lowest BCUT2D eigenvalue weighted by atomic mass is 10.3. The molecule has 0 saturated carbocycles. The molecule has 1 aliphatic rings. The Balaban J connectivity index is 0.000000640. The third kappa shape index (κ3) is 1.91. The van der Waals surface area contributed by atoms with E-state index in [2.05, 4.69) is 10.1 Å². The summed E-state index contributed by atoms with van der Waals surface area (Å²) in [5.41, 5.74) is 0. The molecular formula is C6H13NO2. The normalized spacial score (nSPS) is 24.1. The van der Waals surface area contributed by atoms with Crippen LogP contribution in [0.1, 0.15) is 20.8 Å². The highest BCUT2D eigenvalue weighted by Crippen LogP contribution is 1.99. The van der Waals surface area contributed by atoms with Gasteiger partial charge in [0.2, 0.25) is 0 Å². The number of cyclic esters (lactones) is 1. The molecule has 1 amide bonds. The van der Waals surface area contributed by atoms with Crippen molar-refractivity contribution in [2.45, 2.75) is 26.8 Å². The predicted octanol–water partition coefficient (Wildman–Crippen LogP) is 1.14. The number of rotatable bonds is 1. The van der Waals surface area contributed by atoms with E-state index >= 15 is 0 Å². The van der Waals surface area contributed by atoms with E-state index in [1.807, 2.05) is 6.92 Å². The zero-order valence-corrected chi connectivity index (χ0v) is 4.81. The summed E-state index contributed by atoms with van der Waals surface area (Å²) in [6, 6.07) is 0.252. The average molecular weight is 131 g/mol. The lowest BCUT2D eigenvalue weighted by Gasteiger charge is -1.97. The van der Waals surface area contributed by atoms with Crippen molar-refractivity contribution in [1.29, 1.82) is 0 Å². The number of amides is 1. The van der Waals surface area contributed by atoms with Crippen LogP contribution in [0.2, 0.25) is 0 Å². The fourth-order valence-corrected chi connectivity index (χ4v) is 0.646. The highest BCUT2D eigenvalue weighted by molar-refractivity contribution is 5.69. The number of hydrogen-bond acceptors (Lipinski definition) is 2. The monoisotopic (exact) mass is 131 g/mol. The number of hydrogen-bond donors (Lipinski definition) is 1. The molecule has 1 heterocycles. The number of alkyl carbamates (subject to hydrolysis) is 1. The fraction of sp³-hybridized carbons (Fsp3) is 0.833. The number of carbonyl (C=O) groups excluding carboxylic acids is 1. The van der Waals surface area contributed by atoms with Gasteiger partial charge in [-0.25, -0.2) is 4.79 Å². The number of carbonyl (C=O) groups is 1. The Morgan fingerprint density at radius 3 is 2.78 bits per heavy atom. The molecule has 9 heavy (non-hydrogen) atoms. The summed E-state index contributed by atoms with van der Waals surface area (Å²) in [7, 11) is 0. The van der Waals surface area contributed by atoms with Gasteiger partial charge in [-0.3, -0.25) is 0 Å².